The summed E-state index contributed by atoms with van der Waals surface area (Å²) in [6, 6.07) is 0.395. The Balaban J connectivity index is 2.06. The molecule has 1 aliphatic carbocycles. The van der Waals surface area contributed by atoms with Gasteiger partial charge < -0.3 is 15.4 Å². The summed E-state index contributed by atoms with van der Waals surface area (Å²) in [7, 11) is 0. The molecule has 98 valence electrons. The molecule has 4 heteroatoms. The van der Waals surface area contributed by atoms with Gasteiger partial charge >= 0.3 is 0 Å². The van der Waals surface area contributed by atoms with Gasteiger partial charge in [0, 0.05) is 25.7 Å². The second kappa shape index (κ2) is 5.36. The first-order chi connectivity index (χ1) is 8.17. The van der Waals surface area contributed by atoms with E-state index >= 15 is 0 Å². The third kappa shape index (κ3) is 2.63. The largest absolute Gasteiger partial charge is 0.365 e. The molecule has 2 N–H and O–H groups in total. The van der Waals surface area contributed by atoms with Gasteiger partial charge in [-0.2, -0.15) is 0 Å². The zero-order chi connectivity index (χ0) is 12.3. The van der Waals surface area contributed by atoms with Crippen LogP contribution in [0, 0.1) is 0 Å². The van der Waals surface area contributed by atoms with Gasteiger partial charge in [0.05, 0.1) is 0 Å². The lowest BCUT2D eigenvalue weighted by Gasteiger charge is -2.35. The van der Waals surface area contributed by atoms with E-state index in [0.29, 0.717) is 25.7 Å². The molecule has 2 aliphatic rings. The third-order valence-corrected chi connectivity index (χ3v) is 4.07. The third-order valence-electron chi connectivity index (χ3n) is 4.07. The van der Waals surface area contributed by atoms with Crippen LogP contribution in [0.2, 0.25) is 0 Å². The van der Waals surface area contributed by atoms with E-state index in [1.54, 1.807) is 0 Å². The van der Waals surface area contributed by atoms with Crippen LogP contribution in [0.4, 0.5) is 0 Å². The molecule has 1 saturated heterocycles. The highest BCUT2D eigenvalue weighted by atomic mass is 16.5. The molecule has 1 aliphatic heterocycles. The van der Waals surface area contributed by atoms with Crippen molar-refractivity contribution in [2.75, 3.05) is 19.7 Å². The molecule has 0 aromatic rings. The minimum atomic E-state index is -0.586. The van der Waals surface area contributed by atoms with E-state index in [4.69, 9.17) is 10.5 Å². The van der Waals surface area contributed by atoms with Crippen molar-refractivity contribution in [1.29, 1.82) is 0 Å². The van der Waals surface area contributed by atoms with E-state index in [0.717, 1.165) is 25.7 Å². The quantitative estimate of drug-likeness (QED) is 0.805. The van der Waals surface area contributed by atoms with Crippen LogP contribution in [0.5, 0.6) is 0 Å². The topological polar surface area (TPSA) is 55.6 Å². The molecule has 1 atom stereocenters. The molecule has 1 unspecified atom stereocenters. The number of carbonyl (C=O) groups excluding carboxylic acids is 1. The van der Waals surface area contributed by atoms with Crippen molar-refractivity contribution in [2.24, 2.45) is 5.73 Å². The van der Waals surface area contributed by atoms with E-state index in [1.165, 1.54) is 12.8 Å². The molecule has 0 aromatic carbocycles. The van der Waals surface area contributed by atoms with Gasteiger partial charge in [-0.25, -0.2) is 0 Å². The summed E-state index contributed by atoms with van der Waals surface area (Å²) in [4.78, 5) is 14.6. The minimum absolute atomic E-state index is 0.160. The Morgan fingerprint density at radius 2 is 2.12 bits per heavy atom. The fraction of sp³-hybridized carbons (Fsp3) is 0.923. The van der Waals surface area contributed by atoms with E-state index < -0.39 is 5.60 Å². The lowest BCUT2D eigenvalue weighted by Crippen LogP contribution is -2.51. The smallest absolute Gasteiger partial charge is 0.254 e. The van der Waals surface area contributed by atoms with Crippen molar-refractivity contribution in [3.05, 3.63) is 0 Å². The van der Waals surface area contributed by atoms with Gasteiger partial charge in [0.25, 0.3) is 5.91 Å². The Morgan fingerprint density at radius 1 is 1.41 bits per heavy atom. The maximum absolute atomic E-state index is 12.6. The van der Waals surface area contributed by atoms with Crippen LogP contribution < -0.4 is 5.73 Å². The van der Waals surface area contributed by atoms with Gasteiger partial charge in [-0.1, -0.05) is 12.8 Å². The van der Waals surface area contributed by atoms with Crippen LogP contribution in [-0.2, 0) is 9.53 Å². The first kappa shape index (κ1) is 12.8. The molecule has 0 radical (unpaired) electrons. The lowest BCUT2D eigenvalue weighted by molar-refractivity contribution is -0.153. The fourth-order valence-corrected chi connectivity index (χ4v) is 3.06. The Hall–Kier alpha value is -0.610. The van der Waals surface area contributed by atoms with E-state index in [2.05, 4.69) is 0 Å². The predicted molar refractivity (Wildman–Crippen MR) is 66.6 cm³/mol. The summed E-state index contributed by atoms with van der Waals surface area (Å²) in [5.41, 5.74) is 5.06. The number of hydrogen-bond donors (Lipinski definition) is 1. The van der Waals surface area contributed by atoms with Crippen LogP contribution in [0.3, 0.4) is 0 Å². The molecule has 0 aromatic heterocycles. The first-order valence-electron chi connectivity index (χ1n) is 6.82. The number of nitrogens with two attached hydrogens (primary N) is 1. The number of amides is 1. The second-order valence-electron chi connectivity index (χ2n) is 5.41. The maximum Gasteiger partial charge on any atom is 0.254 e. The summed E-state index contributed by atoms with van der Waals surface area (Å²) in [6.07, 6.45) is 6.56. The van der Waals surface area contributed by atoms with E-state index in [1.807, 2.05) is 11.8 Å². The lowest BCUT2D eigenvalue weighted by atomic mass is 9.99. The monoisotopic (exact) mass is 240 g/mol. The maximum atomic E-state index is 12.6. The van der Waals surface area contributed by atoms with Crippen LogP contribution in [0.15, 0.2) is 0 Å². The summed E-state index contributed by atoms with van der Waals surface area (Å²) in [5.74, 6) is 0.160. The van der Waals surface area contributed by atoms with Gasteiger partial charge in [-0.05, 0) is 32.6 Å². The molecule has 17 heavy (non-hydrogen) atoms. The summed E-state index contributed by atoms with van der Waals surface area (Å²) in [6.45, 7) is 3.85. The zero-order valence-electron chi connectivity index (χ0n) is 10.8. The Morgan fingerprint density at radius 3 is 2.65 bits per heavy atom. The Labute approximate surface area is 103 Å². The number of hydrogen-bond acceptors (Lipinski definition) is 3. The molecular formula is C13H24N2O2. The van der Waals surface area contributed by atoms with Crippen molar-refractivity contribution < 1.29 is 9.53 Å². The highest BCUT2D eigenvalue weighted by Crippen LogP contribution is 2.31. The van der Waals surface area contributed by atoms with E-state index in [9.17, 15) is 4.79 Å². The van der Waals surface area contributed by atoms with Gasteiger partial charge in [0.2, 0.25) is 0 Å². The van der Waals surface area contributed by atoms with Gasteiger partial charge in [-0.15, -0.1) is 0 Å². The number of ether oxygens (including phenoxy) is 1. The van der Waals surface area contributed by atoms with Crippen LogP contribution in [-0.4, -0.2) is 42.1 Å². The highest BCUT2D eigenvalue weighted by Gasteiger charge is 2.42. The van der Waals surface area contributed by atoms with Crippen molar-refractivity contribution in [2.45, 2.75) is 57.1 Å². The molecule has 1 saturated carbocycles. The fourth-order valence-electron chi connectivity index (χ4n) is 3.06. The molecular weight excluding hydrogens is 216 g/mol. The number of nitrogens with zero attached hydrogens (tertiary/aromatic N) is 1. The van der Waals surface area contributed by atoms with Gasteiger partial charge in [0.1, 0.15) is 5.60 Å². The van der Waals surface area contributed by atoms with Crippen molar-refractivity contribution in [1.82, 2.24) is 4.90 Å². The highest BCUT2D eigenvalue weighted by molar-refractivity contribution is 5.85. The predicted octanol–water partition coefficient (Wildman–Crippen LogP) is 1.29. The number of rotatable bonds is 4. The normalized spacial score (nSPS) is 29.8. The minimum Gasteiger partial charge on any atom is -0.365 e. The number of carbonyl (C=O) groups is 1. The molecule has 0 spiro atoms. The molecule has 2 fully saturated rings. The van der Waals surface area contributed by atoms with Gasteiger partial charge in [-0.3, -0.25) is 4.79 Å². The zero-order valence-corrected chi connectivity index (χ0v) is 10.8. The summed E-state index contributed by atoms with van der Waals surface area (Å²) >= 11 is 0. The Kier molecular flexibility index (Phi) is 4.05. The van der Waals surface area contributed by atoms with Gasteiger partial charge in [0.15, 0.2) is 0 Å². The van der Waals surface area contributed by atoms with Crippen LogP contribution >= 0.6 is 0 Å². The van der Waals surface area contributed by atoms with Crippen molar-refractivity contribution in [3.8, 4) is 0 Å². The SMILES string of the molecule is CC1(C(=O)N(CCN)C2CCCC2)CCCO1. The average Bonchev–Trinajstić information content (AvgIpc) is 2.96. The van der Waals surface area contributed by atoms with Crippen molar-refractivity contribution >= 4 is 5.91 Å². The molecule has 1 heterocycles. The molecule has 2 rings (SSSR count). The summed E-state index contributed by atoms with van der Waals surface area (Å²) < 4.78 is 5.66. The summed E-state index contributed by atoms with van der Waals surface area (Å²) in [5, 5.41) is 0. The Bertz CT molecular complexity index is 269. The van der Waals surface area contributed by atoms with Crippen molar-refractivity contribution in [3.63, 3.8) is 0 Å². The average molecular weight is 240 g/mol. The first-order valence-corrected chi connectivity index (χ1v) is 6.82. The molecule has 1 amide bonds. The standard InChI is InChI=1S/C13H24N2O2/c1-13(7-4-10-17-13)12(16)15(9-8-14)11-5-2-3-6-11/h11H,2-10,14H2,1H3. The molecule has 0 bridgehead atoms. The van der Waals surface area contributed by atoms with Crippen LogP contribution in [0.25, 0.3) is 0 Å². The molecule has 4 nitrogen and oxygen atoms in total. The van der Waals surface area contributed by atoms with E-state index in [-0.39, 0.29) is 5.91 Å². The second-order valence-corrected chi connectivity index (χ2v) is 5.41. The van der Waals surface area contributed by atoms with Crippen LogP contribution in [0.1, 0.15) is 45.4 Å².